The number of rotatable bonds is 3. The van der Waals surface area contributed by atoms with Crippen molar-refractivity contribution in [1.29, 1.82) is 0 Å². The second-order valence-electron chi connectivity index (χ2n) is 4.04. The zero-order valence-electron chi connectivity index (χ0n) is 10.2. The van der Waals surface area contributed by atoms with Crippen molar-refractivity contribution in [3.63, 3.8) is 0 Å². The predicted molar refractivity (Wildman–Crippen MR) is 73.4 cm³/mol. The molecule has 5 nitrogen and oxygen atoms in total. The van der Waals surface area contributed by atoms with E-state index in [4.69, 9.17) is 11.6 Å². The van der Waals surface area contributed by atoms with Gasteiger partial charge in [-0.3, -0.25) is 14.3 Å². The standard InChI is InChI=1S/C13H10ClFN2O3/c1-7(14)6-17-12(19)10(11(18)16-13(17)20)8-4-2-3-5-9(8)15/h2-5,19H,1,6H2,(H,16,18,20). The molecule has 0 aliphatic heterocycles. The minimum atomic E-state index is -0.881. The highest BCUT2D eigenvalue weighted by Crippen LogP contribution is 2.26. The molecule has 20 heavy (non-hydrogen) atoms. The maximum Gasteiger partial charge on any atom is 0.331 e. The van der Waals surface area contributed by atoms with Crippen LogP contribution in [0.4, 0.5) is 4.39 Å². The van der Waals surface area contributed by atoms with Crippen LogP contribution in [0.1, 0.15) is 0 Å². The van der Waals surface area contributed by atoms with E-state index in [0.29, 0.717) is 0 Å². The second-order valence-corrected chi connectivity index (χ2v) is 4.58. The van der Waals surface area contributed by atoms with Crippen LogP contribution in [0.15, 0.2) is 45.5 Å². The van der Waals surface area contributed by atoms with Gasteiger partial charge in [-0.15, -0.1) is 0 Å². The van der Waals surface area contributed by atoms with Gasteiger partial charge in [-0.05, 0) is 6.07 Å². The van der Waals surface area contributed by atoms with Crippen LogP contribution in [0.2, 0.25) is 0 Å². The summed E-state index contributed by atoms with van der Waals surface area (Å²) in [6.07, 6.45) is 0. The molecule has 2 rings (SSSR count). The number of halogens is 2. The number of aromatic hydroxyl groups is 1. The van der Waals surface area contributed by atoms with Crippen LogP contribution in [0, 0.1) is 5.82 Å². The van der Waals surface area contributed by atoms with E-state index in [1.54, 1.807) is 0 Å². The third-order valence-electron chi connectivity index (χ3n) is 2.64. The topological polar surface area (TPSA) is 75.1 Å². The third-order valence-corrected chi connectivity index (χ3v) is 2.76. The Morgan fingerprint density at radius 1 is 1.40 bits per heavy atom. The number of hydrogen-bond donors (Lipinski definition) is 2. The molecule has 0 spiro atoms. The molecule has 104 valence electrons. The van der Waals surface area contributed by atoms with Gasteiger partial charge in [0.2, 0.25) is 5.88 Å². The quantitative estimate of drug-likeness (QED) is 0.907. The highest BCUT2D eigenvalue weighted by molar-refractivity contribution is 6.29. The molecular weight excluding hydrogens is 287 g/mol. The molecule has 0 radical (unpaired) electrons. The average molecular weight is 297 g/mol. The van der Waals surface area contributed by atoms with Gasteiger partial charge in [0, 0.05) is 10.6 Å². The number of aromatic nitrogens is 2. The van der Waals surface area contributed by atoms with Gasteiger partial charge in [0.05, 0.1) is 6.54 Å². The van der Waals surface area contributed by atoms with Gasteiger partial charge < -0.3 is 5.11 Å². The average Bonchev–Trinajstić information content (AvgIpc) is 2.36. The van der Waals surface area contributed by atoms with Crippen molar-refractivity contribution in [2.45, 2.75) is 6.54 Å². The number of nitrogens with zero attached hydrogens (tertiary/aromatic N) is 1. The van der Waals surface area contributed by atoms with Crippen LogP contribution < -0.4 is 11.2 Å². The third kappa shape index (κ3) is 2.50. The summed E-state index contributed by atoms with van der Waals surface area (Å²) in [6, 6.07) is 5.42. The lowest BCUT2D eigenvalue weighted by molar-refractivity contribution is 0.412. The van der Waals surface area contributed by atoms with Crippen LogP contribution in [-0.4, -0.2) is 14.7 Å². The fourth-order valence-electron chi connectivity index (χ4n) is 1.78. The molecule has 1 heterocycles. The summed E-state index contributed by atoms with van der Waals surface area (Å²) in [5, 5.41) is 10.1. The molecule has 1 aromatic heterocycles. The SMILES string of the molecule is C=C(Cl)Cn1c(O)c(-c2ccccc2F)c(=O)[nH]c1=O. The highest BCUT2D eigenvalue weighted by atomic mass is 35.5. The lowest BCUT2D eigenvalue weighted by atomic mass is 10.1. The van der Waals surface area contributed by atoms with E-state index in [2.05, 4.69) is 6.58 Å². The van der Waals surface area contributed by atoms with Crippen molar-refractivity contribution in [1.82, 2.24) is 9.55 Å². The van der Waals surface area contributed by atoms with Crippen molar-refractivity contribution < 1.29 is 9.50 Å². The first kappa shape index (κ1) is 14.1. The first-order valence-corrected chi connectivity index (χ1v) is 5.94. The van der Waals surface area contributed by atoms with E-state index < -0.39 is 22.9 Å². The van der Waals surface area contributed by atoms with Crippen LogP contribution in [-0.2, 0) is 6.54 Å². The molecular formula is C13H10ClFN2O3. The zero-order chi connectivity index (χ0) is 14.9. The number of hydrogen-bond acceptors (Lipinski definition) is 3. The highest BCUT2D eigenvalue weighted by Gasteiger charge is 2.18. The molecule has 0 saturated heterocycles. The molecule has 0 unspecified atom stereocenters. The van der Waals surface area contributed by atoms with Crippen LogP contribution in [0.25, 0.3) is 11.1 Å². The molecule has 0 saturated carbocycles. The van der Waals surface area contributed by atoms with E-state index >= 15 is 0 Å². The smallest absolute Gasteiger partial charge is 0.331 e. The van der Waals surface area contributed by atoms with Gasteiger partial charge in [0.1, 0.15) is 11.4 Å². The lowest BCUT2D eigenvalue weighted by Crippen LogP contribution is -2.31. The Morgan fingerprint density at radius 2 is 2.05 bits per heavy atom. The predicted octanol–water partition coefficient (Wildman–Crippen LogP) is 1.80. The van der Waals surface area contributed by atoms with Crippen molar-refractivity contribution in [3.8, 4) is 17.0 Å². The minimum absolute atomic E-state index is 0.0777. The second kappa shape index (κ2) is 5.34. The lowest BCUT2D eigenvalue weighted by Gasteiger charge is -2.11. The molecule has 0 aliphatic rings. The summed E-state index contributed by atoms with van der Waals surface area (Å²) in [5.74, 6) is -1.35. The molecule has 0 atom stereocenters. The largest absolute Gasteiger partial charge is 0.494 e. The maximum atomic E-state index is 13.7. The molecule has 0 aliphatic carbocycles. The van der Waals surface area contributed by atoms with Gasteiger partial charge in [-0.25, -0.2) is 9.18 Å². The van der Waals surface area contributed by atoms with Crippen molar-refractivity contribution in [3.05, 3.63) is 62.5 Å². The number of nitrogens with one attached hydrogen (secondary N) is 1. The van der Waals surface area contributed by atoms with Gasteiger partial charge in [0.25, 0.3) is 5.56 Å². The van der Waals surface area contributed by atoms with Crippen molar-refractivity contribution in [2.24, 2.45) is 0 Å². The van der Waals surface area contributed by atoms with Crippen molar-refractivity contribution >= 4 is 11.6 Å². The van der Waals surface area contributed by atoms with Crippen LogP contribution in [0.5, 0.6) is 5.88 Å². The van der Waals surface area contributed by atoms with E-state index in [1.807, 2.05) is 4.98 Å². The summed E-state index contributed by atoms with van der Waals surface area (Å²) in [5.41, 5.74) is -2.18. The van der Waals surface area contributed by atoms with E-state index in [-0.39, 0.29) is 22.7 Å². The Bertz CT molecular complexity index is 795. The molecule has 7 heteroatoms. The first-order valence-electron chi connectivity index (χ1n) is 5.56. The Kier molecular flexibility index (Phi) is 3.76. The monoisotopic (exact) mass is 296 g/mol. The number of allylic oxidation sites excluding steroid dienone is 1. The molecule has 1 aromatic carbocycles. The van der Waals surface area contributed by atoms with Crippen molar-refractivity contribution in [2.75, 3.05) is 0 Å². The summed E-state index contributed by atoms with van der Waals surface area (Å²) in [4.78, 5) is 25.4. The zero-order valence-corrected chi connectivity index (χ0v) is 10.9. The summed E-state index contributed by atoms with van der Waals surface area (Å²) >= 11 is 5.59. The molecule has 0 bridgehead atoms. The fraction of sp³-hybridized carbons (Fsp3) is 0.0769. The van der Waals surface area contributed by atoms with Gasteiger partial charge in [-0.1, -0.05) is 36.4 Å². The summed E-state index contributed by atoms with van der Waals surface area (Å²) < 4.78 is 14.5. The fourth-order valence-corrected chi connectivity index (χ4v) is 1.90. The Hall–Kier alpha value is -2.34. The van der Waals surface area contributed by atoms with Gasteiger partial charge in [0.15, 0.2) is 0 Å². The summed E-state index contributed by atoms with van der Waals surface area (Å²) in [6.45, 7) is 3.20. The van der Waals surface area contributed by atoms with Gasteiger partial charge >= 0.3 is 5.69 Å². The minimum Gasteiger partial charge on any atom is -0.494 e. The molecule has 2 aromatic rings. The van der Waals surface area contributed by atoms with E-state index in [0.717, 1.165) is 10.6 Å². The first-order chi connectivity index (χ1) is 9.41. The number of H-pyrrole nitrogens is 1. The Labute approximate surface area is 117 Å². The molecule has 0 fully saturated rings. The number of benzene rings is 1. The summed E-state index contributed by atoms with van der Waals surface area (Å²) in [7, 11) is 0. The van der Waals surface area contributed by atoms with Gasteiger partial charge in [-0.2, -0.15) is 0 Å². The molecule has 2 N–H and O–H groups in total. The normalized spacial score (nSPS) is 10.5. The van der Waals surface area contributed by atoms with E-state index in [9.17, 15) is 19.1 Å². The van der Waals surface area contributed by atoms with Crippen LogP contribution >= 0.6 is 11.6 Å². The van der Waals surface area contributed by atoms with E-state index in [1.165, 1.54) is 18.2 Å². The maximum absolute atomic E-state index is 13.7. The Balaban J connectivity index is 2.78. The number of aromatic amines is 1. The Morgan fingerprint density at radius 3 is 2.65 bits per heavy atom. The molecule has 0 amide bonds. The van der Waals surface area contributed by atoms with Crippen LogP contribution in [0.3, 0.4) is 0 Å².